The van der Waals surface area contributed by atoms with Gasteiger partial charge in [0.1, 0.15) is 6.04 Å². The van der Waals surface area contributed by atoms with Gasteiger partial charge in [-0.15, -0.1) is 0 Å². The van der Waals surface area contributed by atoms with Gasteiger partial charge in [0.25, 0.3) is 0 Å². The number of carbonyl (C=O) groups excluding carboxylic acids is 2. The molecule has 0 radical (unpaired) electrons. The Morgan fingerprint density at radius 1 is 1.07 bits per heavy atom. The maximum Gasteiger partial charge on any atom is 0.242 e. The molecule has 156 valence electrons. The minimum absolute atomic E-state index is 0.0392. The van der Waals surface area contributed by atoms with E-state index in [0.717, 1.165) is 23.1 Å². The first-order valence-electron chi connectivity index (χ1n) is 9.81. The van der Waals surface area contributed by atoms with E-state index in [1.807, 2.05) is 45.0 Å². The molecule has 6 heteroatoms. The van der Waals surface area contributed by atoms with Crippen molar-refractivity contribution in [2.45, 2.75) is 59.2 Å². The van der Waals surface area contributed by atoms with Crippen LogP contribution in [0.15, 0.2) is 42.5 Å². The normalized spacial score (nSPS) is 12.9. The van der Waals surface area contributed by atoms with E-state index in [1.165, 1.54) is 0 Å². The molecule has 2 rings (SSSR count). The molecule has 2 amide bonds. The minimum Gasteiger partial charge on any atom is -0.352 e. The van der Waals surface area contributed by atoms with Crippen LogP contribution in [-0.2, 0) is 22.6 Å². The summed E-state index contributed by atoms with van der Waals surface area (Å²) < 4.78 is 0. The summed E-state index contributed by atoms with van der Waals surface area (Å²) in [7, 11) is 0. The van der Waals surface area contributed by atoms with Crippen LogP contribution >= 0.6 is 23.2 Å². The van der Waals surface area contributed by atoms with E-state index in [9.17, 15) is 9.59 Å². The maximum atomic E-state index is 13.2. The summed E-state index contributed by atoms with van der Waals surface area (Å²) >= 11 is 12.3. The summed E-state index contributed by atoms with van der Waals surface area (Å²) in [6.07, 6.45) is 1.04. The highest BCUT2D eigenvalue weighted by Crippen LogP contribution is 2.24. The predicted molar refractivity (Wildman–Crippen MR) is 119 cm³/mol. The van der Waals surface area contributed by atoms with Gasteiger partial charge < -0.3 is 10.2 Å². The maximum absolute atomic E-state index is 13.2. The highest BCUT2D eigenvalue weighted by Gasteiger charge is 2.27. The van der Waals surface area contributed by atoms with Crippen LogP contribution in [0.1, 0.15) is 43.9 Å². The number of nitrogens with zero attached hydrogens (tertiary/aromatic N) is 1. The Morgan fingerprint density at radius 3 is 2.38 bits per heavy atom. The van der Waals surface area contributed by atoms with E-state index in [4.69, 9.17) is 23.2 Å². The first-order valence-corrected chi connectivity index (χ1v) is 10.6. The zero-order valence-electron chi connectivity index (χ0n) is 17.3. The summed E-state index contributed by atoms with van der Waals surface area (Å²) in [6.45, 7) is 7.90. The van der Waals surface area contributed by atoms with Crippen molar-refractivity contribution in [1.82, 2.24) is 10.2 Å². The van der Waals surface area contributed by atoms with Gasteiger partial charge in [0.05, 0.1) is 6.42 Å². The summed E-state index contributed by atoms with van der Waals surface area (Å²) in [6, 6.07) is 12.3. The number of aryl methyl sites for hydroxylation is 1. The molecule has 2 aromatic rings. The molecule has 0 unspecified atom stereocenters. The first-order chi connectivity index (χ1) is 13.7. The third-order valence-corrected chi connectivity index (χ3v) is 5.71. The number of nitrogens with one attached hydrogen (secondary N) is 1. The second-order valence-corrected chi connectivity index (χ2v) is 8.20. The molecule has 0 aliphatic heterocycles. The summed E-state index contributed by atoms with van der Waals surface area (Å²) in [5.74, 6) is -0.306. The number of benzene rings is 2. The van der Waals surface area contributed by atoms with Crippen molar-refractivity contribution >= 4 is 35.0 Å². The average molecular weight is 435 g/mol. The van der Waals surface area contributed by atoms with Gasteiger partial charge in [0, 0.05) is 22.6 Å². The van der Waals surface area contributed by atoms with Crippen LogP contribution in [0.4, 0.5) is 0 Å². The lowest BCUT2D eigenvalue weighted by atomic mass is 10.0. The SMILES string of the molecule is CC[C@@H](C)NC(=O)[C@H](C)N(Cc1ccc(Cl)cc1Cl)C(=O)Cc1ccccc1C. The lowest BCUT2D eigenvalue weighted by molar-refractivity contribution is -0.140. The highest BCUT2D eigenvalue weighted by molar-refractivity contribution is 6.35. The molecule has 0 heterocycles. The molecule has 0 saturated carbocycles. The molecule has 0 aliphatic rings. The van der Waals surface area contributed by atoms with Crippen molar-refractivity contribution < 1.29 is 9.59 Å². The second-order valence-electron chi connectivity index (χ2n) is 7.35. The third kappa shape index (κ3) is 6.48. The van der Waals surface area contributed by atoms with Crippen molar-refractivity contribution in [2.75, 3.05) is 0 Å². The Hall–Kier alpha value is -2.04. The topological polar surface area (TPSA) is 49.4 Å². The van der Waals surface area contributed by atoms with E-state index < -0.39 is 6.04 Å². The molecule has 0 spiro atoms. The van der Waals surface area contributed by atoms with E-state index in [1.54, 1.807) is 30.0 Å². The number of rotatable bonds is 8. The van der Waals surface area contributed by atoms with Gasteiger partial charge in [-0.3, -0.25) is 9.59 Å². The molecule has 0 saturated heterocycles. The van der Waals surface area contributed by atoms with Crippen LogP contribution in [0.2, 0.25) is 10.0 Å². The predicted octanol–water partition coefficient (Wildman–Crippen LogP) is 5.18. The van der Waals surface area contributed by atoms with Crippen molar-refractivity contribution in [3.8, 4) is 0 Å². The smallest absolute Gasteiger partial charge is 0.242 e. The fourth-order valence-corrected chi connectivity index (χ4v) is 3.42. The third-order valence-electron chi connectivity index (χ3n) is 5.13. The molecular formula is C23H28Cl2N2O2. The lowest BCUT2D eigenvalue weighted by Gasteiger charge is -2.30. The molecule has 2 atom stereocenters. The van der Waals surface area contributed by atoms with Gasteiger partial charge >= 0.3 is 0 Å². The molecule has 2 aromatic carbocycles. The molecule has 0 aromatic heterocycles. The Bertz CT molecular complexity index is 870. The quantitative estimate of drug-likeness (QED) is 0.622. The van der Waals surface area contributed by atoms with Gasteiger partial charge in [0.15, 0.2) is 0 Å². The van der Waals surface area contributed by atoms with Crippen molar-refractivity contribution in [2.24, 2.45) is 0 Å². The van der Waals surface area contributed by atoms with Crippen LogP contribution in [0.3, 0.4) is 0 Å². The zero-order valence-corrected chi connectivity index (χ0v) is 18.8. The monoisotopic (exact) mass is 434 g/mol. The lowest BCUT2D eigenvalue weighted by Crippen LogP contribution is -2.50. The number of carbonyl (C=O) groups is 2. The number of hydrogen-bond acceptors (Lipinski definition) is 2. The number of halogens is 2. The molecule has 0 fully saturated rings. The Morgan fingerprint density at radius 2 is 1.76 bits per heavy atom. The molecule has 29 heavy (non-hydrogen) atoms. The van der Waals surface area contributed by atoms with Crippen LogP contribution in [0.25, 0.3) is 0 Å². The fraction of sp³-hybridized carbons (Fsp3) is 0.391. The Kier molecular flexibility index (Phi) is 8.54. The fourth-order valence-electron chi connectivity index (χ4n) is 2.95. The van der Waals surface area contributed by atoms with Crippen molar-refractivity contribution in [3.63, 3.8) is 0 Å². The van der Waals surface area contributed by atoms with Crippen LogP contribution in [-0.4, -0.2) is 28.8 Å². The van der Waals surface area contributed by atoms with E-state index in [0.29, 0.717) is 10.0 Å². The summed E-state index contributed by atoms with van der Waals surface area (Å²) in [5, 5.41) is 3.96. The van der Waals surface area contributed by atoms with Gasteiger partial charge in [-0.1, -0.05) is 60.5 Å². The van der Waals surface area contributed by atoms with Gasteiger partial charge in [-0.05, 0) is 56.0 Å². The van der Waals surface area contributed by atoms with Gasteiger partial charge in [0.2, 0.25) is 11.8 Å². The van der Waals surface area contributed by atoms with Crippen LogP contribution < -0.4 is 5.32 Å². The molecule has 4 nitrogen and oxygen atoms in total. The molecule has 1 N–H and O–H groups in total. The molecule has 0 bridgehead atoms. The van der Waals surface area contributed by atoms with E-state index >= 15 is 0 Å². The average Bonchev–Trinajstić information content (AvgIpc) is 2.68. The standard InChI is InChI=1S/C23H28Cl2N2O2/c1-5-16(3)26-23(29)17(4)27(14-19-10-11-20(24)13-21(19)25)22(28)12-18-9-7-6-8-15(18)2/h6-11,13,16-17H,5,12,14H2,1-4H3,(H,26,29)/t16-,17+/m1/s1. The second kappa shape index (κ2) is 10.7. The number of hydrogen-bond donors (Lipinski definition) is 1. The molecule has 0 aliphatic carbocycles. The summed E-state index contributed by atoms with van der Waals surface area (Å²) in [5.41, 5.74) is 2.73. The van der Waals surface area contributed by atoms with E-state index in [2.05, 4.69) is 5.32 Å². The molecular weight excluding hydrogens is 407 g/mol. The highest BCUT2D eigenvalue weighted by atomic mass is 35.5. The van der Waals surface area contributed by atoms with Crippen LogP contribution in [0, 0.1) is 6.92 Å². The largest absolute Gasteiger partial charge is 0.352 e. The van der Waals surface area contributed by atoms with E-state index in [-0.39, 0.29) is 30.8 Å². The van der Waals surface area contributed by atoms with Crippen LogP contribution in [0.5, 0.6) is 0 Å². The van der Waals surface area contributed by atoms with Crippen molar-refractivity contribution in [1.29, 1.82) is 0 Å². The number of amides is 2. The van der Waals surface area contributed by atoms with Gasteiger partial charge in [-0.25, -0.2) is 0 Å². The Balaban J connectivity index is 2.29. The van der Waals surface area contributed by atoms with Crippen molar-refractivity contribution in [3.05, 3.63) is 69.2 Å². The first kappa shape index (κ1) is 23.2. The Labute approximate surface area is 183 Å². The van der Waals surface area contributed by atoms with Gasteiger partial charge in [-0.2, -0.15) is 0 Å². The minimum atomic E-state index is -0.632. The zero-order chi connectivity index (χ0) is 21.6. The summed E-state index contributed by atoms with van der Waals surface area (Å²) in [4.78, 5) is 27.6.